The van der Waals surface area contributed by atoms with Gasteiger partial charge in [-0.05, 0) is 18.2 Å². The average Bonchev–Trinajstić information content (AvgIpc) is 3.21. The summed E-state index contributed by atoms with van der Waals surface area (Å²) in [6, 6.07) is 10.9. The summed E-state index contributed by atoms with van der Waals surface area (Å²) in [4.78, 5) is 11.3. The van der Waals surface area contributed by atoms with E-state index in [4.69, 9.17) is 10.1 Å². The zero-order valence-corrected chi connectivity index (χ0v) is 13.9. The number of nitrogens with one attached hydrogen (secondary N) is 1. The van der Waals surface area contributed by atoms with Crippen LogP contribution in [0.1, 0.15) is 16.4 Å². The number of benzene rings is 1. The second kappa shape index (κ2) is 5.43. The summed E-state index contributed by atoms with van der Waals surface area (Å²) in [5.41, 5.74) is 1.73. The van der Waals surface area contributed by atoms with Gasteiger partial charge in [0.1, 0.15) is 11.7 Å². The Morgan fingerprint density at radius 3 is 2.84 bits per heavy atom. The van der Waals surface area contributed by atoms with Crippen molar-refractivity contribution in [2.45, 2.75) is 5.92 Å². The maximum atomic E-state index is 11.0. The smallest absolute Gasteiger partial charge is 0.324 e. The Hall–Kier alpha value is -3.18. The average molecular weight is 352 g/mol. The highest BCUT2D eigenvalue weighted by molar-refractivity contribution is 7.15. The van der Waals surface area contributed by atoms with Crippen molar-refractivity contribution in [3.8, 4) is 11.8 Å². The van der Waals surface area contributed by atoms with Gasteiger partial charge in [-0.3, -0.25) is 15.5 Å². The molecule has 124 valence electrons. The summed E-state index contributed by atoms with van der Waals surface area (Å²) < 4.78 is 7.63. The SMILES string of the molecule is Cn1ccc2c3c(ccc21)C(c1ccc([N+](=O)[O-])s1)C(C#N)C(=N)O3. The van der Waals surface area contributed by atoms with Gasteiger partial charge in [0.25, 0.3) is 0 Å². The lowest BCUT2D eigenvalue weighted by Gasteiger charge is -2.29. The molecule has 0 saturated carbocycles. The first kappa shape index (κ1) is 15.4. The molecule has 0 saturated heterocycles. The van der Waals surface area contributed by atoms with E-state index in [1.165, 1.54) is 6.07 Å². The third-order valence-electron chi connectivity index (χ3n) is 4.45. The van der Waals surface area contributed by atoms with E-state index in [9.17, 15) is 15.4 Å². The van der Waals surface area contributed by atoms with Crippen molar-refractivity contribution >= 4 is 33.1 Å². The first-order valence-corrected chi connectivity index (χ1v) is 8.31. The van der Waals surface area contributed by atoms with Crippen molar-refractivity contribution in [3.63, 3.8) is 0 Å². The molecule has 7 nitrogen and oxygen atoms in total. The minimum atomic E-state index is -0.813. The lowest BCUT2D eigenvalue weighted by atomic mass is 9.82. The number of thiophene rings is 1. The summed E-state index contributed by atoms with van der Waals surface area (Å²) >= 11 is 1.04. The number of nitriles is 1. The Kier molecular flexibility index (Phi) is 3.33. The number of nitrogens with zero attached hydrogens (tertiary/aromatic N) is 3. The molecule has 0 fully saturated rings. The molecule has 0 aliphatic carbocycles. The van der Waals surface area contributed by atoms with Gasteiger partial charge in [-0.2, -0.15) is 5.26 Å². The van der Waals surface area contributed by atoms with Crippen molar-refractivity contribution in [3.05, 3.63) is 57.1 Å². The van der Waals surface area contributed by atoms with E-state index in [2.05, 4.69) is 6.07 Å². The minimum absolute atomic E-state index is 0.0204. The first-order chi connectivity index (χ1) is 12.0. The number of rotatable bonds is 2. The molecule has 2 aromatic heterocycles. The van der Waals surface area contributed by atoms with Crippen molar-refractivity contribution in [1.29, 1.82) is 10.7 Å². The lowest BCUT2D eigenvalue weighted by molar-refractivity contribution is -0.380. The highest BCUT2D eigenvalue weighted by Gasteiger charge is 2.39. The third kappa shape index (κ3) is 2.21. The second-order valence-electron chi connectivity index (χ2n) is 5.83. The van der Waals surface area contributed by atoms with Gasteiger partial charge < -0.3 is 9.30 Å². The molecule has 1 aromatic carbocycles. The van der Waals surface area contributed by atoms with Gasteiger partial charge >= 0.3 is 5.00 Å². The molecule has 0 bridgehead atoms. The molecule has 8 heteroatoms. The van der Waals surface area contributed by atoms with Crippen molar-refractivity contribution in [1.82, 2.24) is 4.57 Å². The largest absolute Gasteiger partial charge is 0.441 e. The van der Waals surface area contributed by atoms with Crippen LogP contribution in [0.2, 0.25) is 0 Å². The molecule has 25 heavy (non-hydrogen) atoms. The van der Waals surface area contributed by atoms with E-state index in [1.807, 2.05) is 36.0 Å². The van der Waals surface area contributed by atoms with Crippen LogP contribution in [0.5, 0.6) is 5.75 Å². The van der Waals surface area contributed by atoms with Gasteiger partial charge in [0.05, 0.1) is 16.5 Å². The number of aryl methyl sites for hydroxylation is 1. The number of hydrogen-bond donors (Lipinski definition) is 1. The number of fused-ring (bicyclic) bond motifs is 3. The number of hydrogen-bond acceptors (Lipinski definition) is 6. The van der Waals surface area contributed by atoms with Crippen LogP contribution in [0.25, 0.3) is 10.9 Å². The molecule has 1 N–H and O–H groups in total. The van der Waals surface area contributed by atoms with Crippen LogP contribution < -0.4 is 4.74 Å². The Bertz CT molecular complexity index is 1080. The second-order valence-corrected chi connectivity index (χ2v) is 6.92. The summed E-state index contributed by atoms with van der Waals surface area (Å²) in [7, 11) is 1.92. The maximum Gasteiger partial charge on any atom is 0.324 e. The number of nitro groups is 1. The Morgan fingerprint density at radius 1 is 1.36 bits per heavy atom. The fourth-order valence-corrected chi connectivity index (χ4v) is 4.24. The van der Waals surface area contributed by atoms with Crippen LogP contribution in [-0.2, 0) is 7.05 Å². The summed E-state index contributed by atoms with van der Waals surface area (Å²) in [5.74, 6) is -0.848. The molecule has 2 atom stereocenters. The molecule has 1 aliphatic rings. The van der Waals surface area contributed by atoms with E-state index in [0.29, 0.717) is 10.6 Å². The predicted molar refractivity (Wildman–Crippen MR) is 93.2 cm³/mol. The fraction of sp³-hybridized carbons (Fsp3) is 0.176. The highest BCUT2D eigenvalue weighted by atomic mass is 32.1. The molecule has 3 heterocycles. The summed E-state index contributed by atoms with van der Waals surface area (Å²) in [6.45, 7) is 0. The third-order valence-corrected chi connectivity index (χ3v) is 5.57. The van der Waals surface area contributed by atoms with Crippen LogP contribution in [0.4, 0.5) is 5.00 Å². The molecule has 2 unspecified atom stereocenters. The van der Waals surface area contributed by atoms with E-state index in [-0.39, 0.29) is 10.9 Å². The predicted octanol–water partition coefficient (Wildman–Crippen LogP) is 3.79. The van der Waals surface area contributed by atoms with Crippen LogP contribution in [0.3, 0.4) is 0 Å². The number of ether oxygens (including phenoxy) is 1. The minimum Gasteiger partial charge on any atom is -0.441 e. The monoisotopic (exact) mass is 352 g/mol. The maximum absolute atomic E-state index is 11.0. The normalized spacial score (nSPS) is 19.3. The fourth-order valence-electron chi connectivity index (χ4n) is 3.26. The van der Waals surface area contributed by atoms with Gasteiger partial charge in [-0.15, -0.1) is 0 Å². The standard InChI is InChI=1S/C17H12N4O3S/c1-20-7-6-9-12(20)3-2-10-15(11(8-18)17(19)24-16(9)10)13-4-5-14(25-13)21(22)23/h2-7,11,15,19H,1H3. The van der Waals surface area contributed by atoms with Gasteiger partial charge in [0.15, 0.2) is 0 Å². The Labute approximate surface area is 146 Å². The van der Waals surface area contributed by atoms with E-state index >= 15 is 0 Å². The molecular formula is C17H12N4O3S. The quantitative estimate of drug-likeness (QED) is 0.559. The molecule has 1 aliphatic heterocycles. The molecule has 4 rings (SSSR count). The van der Waals surface area contributed by atoms with Crippen molar-refractivity contribution in [2.75, 3.05) is 0 Å². The highest BCUT2D eigenvalue weighted by Crippen LogP contribution is 2.47. The van der Waals surface area contributed by atoms with Crippen LogP contribution >= 0.6 is 11.3 Å². The molecular weight excluding hydrogens is 340 g/mol. The molecule has 0 amide bonds. The van der Waals surface area contributed by atoms with Gasteiger partial charge in [0, 0.05) is 41.1 Å². The van der Waals surface area contributed by atoms with E-state index in [1.54, 1.807) is 6.07 Å². The van der Waals surface area contributed by atoms with Gasteiger partial charge in [-0.25, -0.2) is 0 Å². The zero-order chi connectivity index (χ0) is 17.7. The van der Waals surface area contributed by atoms with Gasteiger partial charge in [-0.1, -0.05) is 17.4 Å². The lowest BCUT2D eigenvalue weighted by Crippen LogP contribution is -2.30. The van der Waals surface area contributed by atoms with Crippen molar-refractivity contribution in [2.24, 2.45) is 13.0 Å². The Balaban J connectivity index is 1.95. The number of aromatic nitrogens is 1. The molecule has 0 spiro atoms. The van der Waals surface area contributed by atoms with Crippen molar-refractivity contribution < 1.29 is 9.66 Å². The van der Waals surface area contributed by atoms with Gasteiger partial charge in [0.2, 0.25) is 5.90 Å². The van der Waals surface area contributed by atoms with Crippen LogP contribution in [-0.4, -0.2) is 15.4 Å². The molecule has 3 aromatic rings. The van der Waals surface area contributed by atoms with E-state index < -0.39 is 16.8 Å². The first-order valence-electron chi connectivity index (χ1n) is 7.49. The summed E-state index contributed by atoms with van der Waals surface area (Å²) in [5, 5.41) is 29.6. The zero-order valence-electron chi connectivity index (χ0n) is 13.1. The Morgan fingerprint density at radius 2 is 2.16 bits per heavy atom. The summed E-state index contributed by atoms with van der Waals surface area (Å²) in [6.07, 6.45) is 1.90. The topological polar surface area (TPSA) is 105 Å². The van der Waals surface area contributed by atoms with E-state index in [0.717, 1.165) is 27.8 Å². The van der Waals surface area contributed by atoms with Crippen LogP contribution in [0.15, 0.2) is 36.5 Å². The molecule has 0 radical (unpaired) electrons. The van der Waals surface area contributed by atoms with Crippen LogP contribution in [0, 0.1) is 32.8 Å².